The molecule has 0 saturated carbocycles. The topological polar surface area (TPSA) is 96.2 Å². The molecule has 0 aromatic rings. The summed E-state index contributed by atoms with van der Waals surface area (Å²) in [6, 6.07) is 0. The molecule has 13 heavy (non-hydrogen) atoms. The fraction of sp³-hybridized carbons (Fsp3) is 0.857. The smallest absolute Gasteiger partial charge is 0.338 e. The third-order valence-corrected chi connectivity index (χ3v) is 2.33. The number of rotatable bonds is 0. The van der Waals surface area contributed by atoms with Crippen LogP contribution in [0.1, 0.15) is 0 Å². The highest BCUT2D eigenvalue weighted by Gasteiger charge is 2.50. The molecule has 2 bridgehead atoms. The molecule has 0 amide bonds. The van der Waals surface area contributed by atoms with Crippen LogP contribution in [-0.2, 0) is 14.3 Å². The van der Waals surface area contributed by atoms with Crippen LogP contribution in [0.2, 0.25) is 0 Å². The van der Waals surface area contributed by atoms with Gasteiger partial charge in [-0.15, -0.1) is 0 Å². The number of cyclic esters (lactones) is 1. The Morgan fingerprint density at radius 2 is 1.85 bits per heavy atom. The van der Waals surface area contributed by atoms with Crippen LogP contribution in [0.25, 0.3) is 0 Å². The van der Waals surface area contributed by atoms with Crippen LogP contribution in [0, 0.1) is 0 Å². The molecule has 2 rings (SSSR count). The number of aliphatic hydroxyl groups is 3. The molecule has 2 aliphatic heterocycles. The van der Waals surface area contributed by atoms with E-state index in [2.05, 4.69) is 4.74 Å². The average Bonchev–Trinajstić information content (AvgIpc) is 2.14. The van der Waals surface area contributed by atoms with E-state index < -0.39 is 36.5 Å². The molecule has 5 atom stereocenters. The van der Waals surface area contributed by atoms with Gasteiger partial charge in [-0.1, -0.05) is 0 Å². The Morgan fingerprint density at radius 3 is 2.54 bits per heavy atom. The molecule has 74 valence electrons. The summed E-state index contributed by atoms with van der Waals surface area (Å²) >= 11 is 0. The average molecular weight is 190 g/mol. The lowest BCUT2D eigenvalue weighted by atomic mass is 9.94. The SMILES string of the molecule is O=C1OC[C@H]2OC1[C@@H](O)[C@@H](O)[C@@H]2O. The van der Waals surface area contributed by atoms with Crippen LogP contribution in [-0.4, -0.2) is 58.4 Å². The summed E-state index contributed by atoms with van der Waals surface area (Å²) in [7, 11) is 0. The molecule has 2 heterocycles. The van der Waals surface area contributed by atoms with Gasteiger partial charge in [0.25, 0.3) is 0 Å². The fourth-order valence-electron chi connectivity index (χ4n) is 1.53. The van der Waals surface area contributed by atoms with E-state index in [1.807, 2.05) is 0 Å². The Bertz CT molecular complexity index is 227. The van der Waals surface area contributed by atoms with Gasteiger partial charge in [0.15, 0.2) is 6.10 Å². The van der Waals surface area contributed by atoms with Crippen molar-refractivity contribution in [3.8, 4) is 0 Å². The Morgan fingerprint density at radius 1 is 1.15 bits per heavy atom. The van der Waals surface area contributed by atoms with E-state index in [4.69, 9.17) is 4.74 Å². The van der Waals surface area contributed by atoms with Crippen molar-refractivity contribution in [2.75, 3.05) is 6.61 Å². The minimum Gasteiger partial charge on any atom is -0.461 e. The van der Waals surface area contributed by atoms with Gasteiger partial charge in [-0.05, 0) is 0 Å². The lowest BCUT2D eigenvalue weighted by Crippen LogP contribution is -2.64. The quantitative estimate of drug-likeness (QED) is 0.362. The third kappa shape index (κ3) is 1.22. The van der Waals surface area contributed by atoms with E-state index in [9.17, 15) is 20.1 Å². The van der Waals surface area contributed by atoms with Gasteiger partial charge < -0.3 is 24.8 Å². The molecule has 6 nitrogen and oxygen atoms in total. The zero-order valence-electron chi connectivity index (χ0n) is 6.66. The van der Waals surface area contributed by atoms with Gasteiger partial charge in [-0.2, -0.15) is 0 Å². The summed E-state index contributed by atoms with van der Waals surface area (Å²) in [5, 5.41) is 27.9. The third-order valence-electron chi connectivity index (χ3n) is 2.33. The molecular weight excluding hydrogens is 180 g/mol. The molecule has 0 spiro atoms. The van der Waals surface area contributed by atoms with Crippen molar-refractivity contribution in [2.45, 2.75) is 30.5 Å². The molecular formula is C7H10O6. The van der Waals surface area contributed by atoms with E-state index in [1.165, 1.54) is 0 Å². The predicted octanol–water partition coefficient (Wildman–Crippen LogP) is -2.61. The zero-order chi connectivity index (χ0) is 9.59. The van der Waals surface area contributed by atoms with E-state index in [0.717, 1.165) is 0 Å². The van der Waals surface area contributed by atoms with Gasteiger partial charge in [-0.3, -0.25) is 0 Å². The summed E-state index contributed by atoms with van der Waals surface area (Å²) in [6.07, 6.45) is -5.88. The van der Waals surface area contributed by atoms with Gasteiger partial charge >= 0.3 is 5.97 Å². The van der Waals surface area contributed by atoms with Gasteiger partial charge in [0.05, 0.1) is 0 Å². The number of carbonyl (C=O) groups excluding carboxylic acids is 1. The monoisotopic (exact) mass is 190 g/mol. The second kappa shape index (κ2) is 2.91. The van der Waals surface area contributed by atoms with Crippen molar-refractivity contribution in [3.63, 3.8) is 0 Å². The van der Waals surface area contributed by atoms with Crippen molar-refractivity contribution in [2.24, 2.45) is 0 Å². The van der Waals surface area contributed by atoms with E-state index in [0.29, 0.717) is 0 Å². The van der Waals surface area contributed by atoms with Gasteiger partial charge in [-0.25, -0.2) is 4.79 Å². The number of aliphatic hydroxyl groups excluding tert-OH is 3. The minimum atomic E-state index is -1.42. The standard InChI is InChI=1S/C7H10O6/c8-3-2-1-12-7(11)6(13-2)5(10)4(3)9/h2-6,8-10H,1H2/t2-,3-,4+,5+,6?/m1/s1. The number of fused-ring (bicyclic) bond motifs is 2. The summed E-state index contributed by atoms with van der Waals surface area (Å²) in [4.78, 5) is 11.0. The number of hydrogen-bond donors (Lipinski definition) is 3. The second-order valence-corrected chi connectivity index (χ2v) is 3.20. The summed E-state index contributed by atoms with van der Waals surface area (Å²) in [5.41, 5.74) is 0. The fourth-order valence-corrected chi connectivity index (χ4v) is 1.53. The highest BCUT2D eigenvalue weighted by Crippen LogP contribution is 2.25. The molecule has 6 heteroatoms. The van der Waals surface area contributed by atoms with Crippen molar-refractivity contribution < 1.29 is 29.6 Å². The molecule has 2 saturated heterocycles. The van der Waals surface area contributed by atoms with Crippen LogP contribution >= 0.6 is 0 Å². The summed E-state index contributed by atoms with van der Waals surface area (Å²) in [5.74, 6) is -0.699. The van der Waals surface area contributed by atoms with Gasteiger partial charge in [0.1, 0.15) is 31.0 Å². The van der Waals surface area contributed by atoms with Crippen LogP contribution in [0.4, 0.5) is 0 Å². The number of hydrogen-bond acceptors (Lipinski definition) is 6. The Labute approximate surface area is 73.7 Å². The van der Waals surface area contributed by atoms with Crippen molar-refractivity contribution in [1.82, 2.24) is 0 Å². The van der Waals surface area contributed by atoms with Crippen molar-refractivity contribution in [1.29, 1.82) is 0 Å². The molecule has 2 aliphatic rings. The van der Waals surface area contributed by atoms with Crippen molar-refractivity contribution in [3.05, 3.63) is 0 Å². The molecule has 3 N–H and O–H groups in total. The lowest BCUT2D eigenvalue weighted by molar-refractivity contribution is -0.259. The first-order chi connectivity index (χ1) is 6.11. The van der Waals surface area contributed by atoms with Crippen LogP contribution in [0.5, 0.6) is 0 Å². The van der Waals surface area contributed by atoms with E-state index in [-0.39, 0.29) is 6.61 Å². The molecule has 0 aromatic heterocycles. The minimum absolute atomic E-state index is 0.0831. The van der Waals surface area contributed by atoms with Crippen LogP contribution < -0.4 is 0 Å². The molecule has 2 fully saturated rings. The van der Waals surface area contributed by atoms with Gasteiger partial charge in [0.2, 0.25) is 0 Å². The summed E-state index contributed by atoms with van der Waals surface area (Å²) < 4.78 is 9.63. The maximum absolute atomic E-state index is 11.0. The lowest BCUT2D eigenvalue weighted by Gasteiger charge is -2.42. The van der Waals surface area contributed by atoms with E-state index >= 15 is 0 Å². The van der Waals surface area contributed by atoms with Crippen LogP contribution in [0.15, 0.2) is 0 Å². The molecule has 1 unspecified atom stereocenters. The highest BCUT2D eigenvalue weighted by molar-refractivity contribution is 5.76. The maximum Gasteiger partial charge on any atom is 0.338 e. The van der Waals surface area contributed by atoms with Gasteiger partial charge in [0, 0.05) is 0 Å². The molecule has 0 radical (unpaired) electrons. The first-order valence-corrected chi connectivity index (χ1v) is 3.97. The first kappa shape index (κ1) is 8.89. The van der Waals surface area contributed by atoms with Crippen molar-refractivity contribution >= 4 is 5.97 Å². The van der Waals surface area contributed by atoms with E-state index in [1.54, 1.807) is 0 Å². The van der Waals surface area contributed by atoms with Crippen LogP contribution in [0.3, 0.4) is 0 Å². The zero-order valence-corrected chi connectivity index (χ0v) is 6.66. The highest BCUT2D eigenvalue weighted by atomic mass is 16.6. The Kier molecular flexibility index (Phi) is 1.99. The second-order valence-electron chi connectivity index (χ2n) is 3.20. The maximum atomic E-state index is 11.0. The largest absolute Gasteiger partial charge is 0.461 e. The Balaban J connectivity index is 2.21. The predicted molar refractivity (Wildman–Crippen MR) is 37.6 cm³/mol. The number of carbonyl (C=O) groups is 1. The number of esters is 1. The summed E-state index contributed by atoms with van der Waals surface area (Å²) in [6.45, 7) is -0.0831. The first-order valence-electron chi connectivity index (χ1n) is 3.97. The normalized spacial score (nSPS) is 50.1. The molecule has 0 aromatic carbocycles. The Hall–Kier alpha value is -0.690. The molecule has 0 aliphatic carbocycles. The number of ether oxygens (including phenoxy) is 2.